The Kier molecular flexibility index (Phi) is 5.21. The summed E-state index contributed by atoms with van der Waals surface area (Å²) in [5.41, 5.74) is 0. The zero-order chi connectivity index (χ0) is 13.8. The van der Waals surface area contributed by atoms with E-state index in [2.05, 4.69) is 15.9 Å². The summed E-state index contributed by atoms with van der Waals surface area (Å²) < 4.78 is 0.825. The Balaban J connectivity index is 1.83. The molecule has 0 bridgehead atoms. The molecule has 2 heterocycles. The molecule has 6 heteroatoms. The van der Waals surface area contributed by atoms with Gasteiger partial charge in [-0.2, -0.15) is 0 Å². The normalized spacial score (nSPS) is 19.5. The van der Waals surface area contributed by atoms with Crippen molar-refractivity contribution in [2.75, 3.05) is 26.2 Å². The van der Waals surface area contributed by atoms with Crippen LogP contribution in [0.15, 0.2) is 12.1 Å². The summed E-state index contributed by atoms with van der Waals surface area (Å²) in [6, 6.07) is 3.65. The summed E-state index contributed by atoms with van der Waals surface area (Å²) in [6.45, 7) is 6.32. The number of rotatable bonds is 5. The van der Waals surface area contributed by atoms with E-state index in [0.717, 1.165) is 37.1 Å². The van der Waals surface area contributed by atoms with Crippen LogP contribution in [-0.4, -0.2) is 53.1 Å². The SMILES string of the molecule is CC[C@H](C(=O)O)N1CCN(Cc2ccc(Cl)s2)CC1. The molecule has 1 aromatic rings. The summed E-state index contributed by atoms with van der Waals surface area (Å²) in [6.07, 6.45) is 0.663. The van der Waals surface area contributed by atoms with E-state index in [1.165, 1.54) is 4.88 Å². The van der Waals surface area contributed by atoms with Crippen molar-refractivity contribution in [1.29, 1.82) is 0 Å². The van der Waals surface area contributed by atoms with Gasteiger partial charge in [-0.05, 0) is 18.6 Å². The van der Waals surface area contributed by atoms with Crippen molar-refractivity contribution in [3.05, 3.63) is 21.3 Å². The summed E-state index contributed by atoms with van der Waals surface area (Å²) in [4.78, 5) is 16.8. The molecule has 0 amide bonds. The molecule has 1 aliphatic rings. The van der Waals surface area contributed by atoms with Gasteiger partial charge in [0.2, 0.25) is 0 Å². The minimum Gasteiger partial charge on any atom is -0.480 e. The quantitative estimate of drug-likeness (QED) is 0.907. The van der Waals surface area contributed by atoms with E-state index < -0.39 is 5.97 Å². The van der Waals surface area contributed by atoms with Crippen molar-refractivity contribution in [3.8, 4) is 0 Å². The molecule has 4 nitrogen and oxygen atoms in total. The van der Waals surface area contributed by atoms with Gasteiger partial charge in [0.15, 0.2) is 0 Å². The highest BCUT2D eigenvalue weighted by molar-refractivity contribution is 7.16. The molecule has 0 radical (unpaired) electrons. The summed E-state index contributed by atoms with van der Waals surface area (Å²) in [7, 11) is 0. The molecule has 0 spiro atoms. The maximum Gasteiger partial charge on any atom is 0.320 e. The van der Waals surface area contributed by atoms with Gasteiger partial charge in [0.25, 0.3) is 0 Å². The molecule has 1 fully saturated rings. The molecule has 1 aromatic heterocycles. The fourth-order valence-electron chi connectivity index (χ4n) is 2.48. The Bertz CT molecular complexity index is 430. The lowest BCUT2D eigenvalue weighted by atomic mass is 10.1. The van der Waals surface area contributed by atoms with Crippen LogP contribution in [-0.2, 0) is 11.3 Å². The van der Waals surface area contributed by atoms with Crippen LogP contribution < -0.4 is 0 Å². The lowest BCUT2D eigenvalue weighted by molar-refractivity contribution is -0.144. The molecular weight excluding hydrogens is 284 g/mol. The largest absolute Gasteiger partial charge is 0.480 e. The number of hydrogen-bond donors (Lipinski definition) is 1. The monoisotopic (exact) mass is 302 g/mol. The van der Waals surface area contributed by atoms with Crippen LogP contribution in [0.25, 0.3) is 0 Å². The Labute approximate surface area is 122 Å². The van der Waals surface area contributed by atoms with Gasteiger partial charge in [-0.3, -0.25) is 14.6 Å². The Hall–Kier alpha value is -0.620. The van der Waals surface area contributed by atoms with Gasteiger partial charge in [-0.15, -0.1) is 11.3 Å². The molecule has 0 saturated carbocycles. The van der Waals surface area contributed by atoms with Crippen molar-refractivity contribution in [3.63, 3.8) is 0 Å². The average Bonchev–Trinajstić information content (AvgIpc) is 2.77. The third-order valence-electron chi connectivity index (χ3n) is 3.53. The molecule has 0 aliphatic carbocycles. The van der Waals surface area contributed by atoms with Crippen LogP contribution in [0.1, 0.15) is 18.2 Å². The Morgan fingerprint density at radius 3 is 2.58 bits per heavy atom. The van der Waals surface area contributed by atoms with Gasteiger partial charge in [-0.25, -0.2) is 0 Å². The molecule has 19 heavy (non-hydrogen) atoms. The fourth-order valence-corrected chi connectivity index (χ4v) is 3.61. The third kappa shape index (κ3) is 3.92. The van der Waals surface area contributed by atoms with Crippen molar-refractivity contribution < 1.29 is 9.90 Å². The second-order valence-corrected chi connectivity index (χ2v) is 6.58. The molecule has 1 N–H and O–H groups in total. The highest BCUT2D eigenvalue weighted by Crippen LogP contribution is 2.23. The number of hydrogen-bond acceptors (Lipinski definition) is 4. The highest BCUT2D eigenvalue weighted by Gasteiger charge is 2.27. The summed E-state index contributed by atoms with van der Waals surface area (Å²) >= 11 is 7.54. The van der Waals surface area contributed by atoms with Gasteiger partial charge < -0.3 is 5.11 Å². The van der Waals surface area contributed by atoms with E-state index >= 15 is 0 Å². The first-order chi connectivity index (χ1) is 9.10. The first kappa shape index (κ1) is 14.8. The van der Waals surface area contributed by atoms with Crippen LogP contribution >= 0.6 is 22.9 Å². The van der Waals surface area contributed by atoms with E-state index in [-0.39, 0.29) is 6.04 Å². The lowest BCUT2D eigenvalue weighted by Crippen LogP contribution is -2.52. The van der Waals surface area contributed by atoms with Crippen molar-refractivity contribution in [2.24, 2.45) is 0 Å². The van der Waals surface area contributed by atoms with E-state index in [1.807, 2.05) is 13.0 Å². The number of halogens is 1. The van der Waals surface area contributed by atoms with E-state index in [1.54, 1.807) is 11.3 Å². The molecule has 0 aromatic carbocycles. The zero-order valence-corrected chi connectivity index (χ0v) is 12.6. The number of nitrogens with zero attached hydrogens (tertiary/aromatic N) is 2. The third-order valence-corrected chi connectivity index (χ3v) is 4.74. The van der Waals surface area contributed by atoms with Crippen LogP contribution in [0.2, 0.25) is 4.34 Å². The summed E-state index contributed by atoms with van der Waals surface area (Å²) in [5.74, 6) is -0.707. The van der Waals surface area contributed by atoms with E-state index in [0.29, 0.717) is 6.42 Å². The van der Waals surface area contributed by atoms with Gasteiger partial charge in [0.05, 0.1) is 4.34 Å². The van der Waals surface area contributed by atoms with Crippen LogP contribution in [0, 0.1) is 0 Å². The molecule has 1 aliphatic heterocycles. The van der Waals surface area contributed by atoms with Crippen molar-refractivity contribution in [2.45, 2.75) is 25.9 Å². The van der Waals surface area contributed by atoms with Gasteiger partial charge >= 0.3 is 5.97 Å². The topological polar surface area (TPSA) is 43.8 Å². The Morgan fingerprint density at radius 2 is 2.11 bits per heavy atom. The molecule has 0 unspecified atom stereocenters. The number of piperazine rings is 1. The minimum absolute atomic E-state index is 0.335. The van der Waals surface area contributed by atoms with Gasteiger partial charge in [0, 0.05) is 37.6 Å². The maximum atomic E-state index is 11.1. The molecule has 106 valence electrons. The molecular formula is C13H19ClN2O2S. The van der Waals surface area contributed by atoms with Gasteiger partial charge in [-0.1, -0.05) is 18.5 Å². The highest BCUT2D eigenvalue weighted by atomic mass is 35.5. The van der Waals surface area contributed by atoms with Crippen LogP contribution in [0.5, 0.6) is 0 Å². The van der Waals surface area contributed by atoms with Crippen LogP contribution in [0.3, 0.4) is 0 Å². The number of thiophene rings is 1. The molecule has 1 saturated heterocycles. The fraction of sp³-hybridized carbons (Fsp3) is 0.615. The van der Waals surface area contributed by atoms with E-state index in [4.69, 9.17) is 16.7 Å². The minimum atomic E-state index is -0.707. The predicted octanol–water partition coefficient (Wildman–Crippen LogP) is 2.38. The standard InChI is InChI=1S/C13H19ClN2O2S/c1-2-11(13(17)18)16-7-5-15(6-8-16)9-10-3-4-12(14)19-10/h3-4,11H,2,5-9H2,1H3,(H,17,18)/t11-/m1/s1. The maximum absolute atomic E-state index is 11.1. The average molecular weight is 303 g/mol. The van der Waals surface area contributed by atoms with Gasteiger partial charge in [0.1, 0.15) is 6.04 Å². The molecule has 2 rings (SSSR count). The van der Waals surface area contributed by atoms with E-state index in [9.17, 15) is 4.79 Å². The summed E-state index contributed by atoms with van der Waals surface area (Å²) in [5, 5.41) is 9.16. The van der Waals surface area contributed by atoms with Crippen molar-refractivity contribution in [1.82, 2.24) is 9.80 Å². The first-order valence-corrected chi connectivity index (χ1v) is 7.73. The Morgan fingerprint density at radius 1 is 1.42 bits per heavy atom. The first-order valence-electron chi connectivity index (χ1n) is 6.53. The second kappa shape index (κ2) is 6.70. The number of carboxylic acid groups (broad SMARTS) is 1. The lowest BCUT2D eigenvalue weighted by Gasteiger charge is -2.37. The number of aliphatic carboxylic acids is 1. The second-order valence-electron chi connectivity index (χ2n) is 4.78. The smallest absolute Gasteiger partial charge is 0.320 e. The van der Waals surface area contributed by atoms with Crippen LogP contribution in [0.4, 0.5) is 0 Å². The number of carbonyl (C=O) groups is 1. The van der Waals surface area contributed by atoms with Crippen molar-refractivity contribution >= 4 is 28.9 Å². The number of carboxylic acids is 1. The molecule has 1 atom stereocenters. The zero-order valence-electron chi connectivity index (χ0n) is 11.0. The predicted molar refractivity (Wildman–Crippen MR) is 77.9 cm³/mol.